The van der Waals surface area contributed by atoms with Crippen LogP contribution in [0.4, 0.5) is 0 Å². The minimum atomic E-state index is -0.841. The molecule has 0 radical (unpaired) electrons. The fraction of sp³-hybridized carbons (Fsp3) is 0.200. The van der Waals surface area contributed by atoms with Crippen LogP contribution in [0.5, 0.6) is 0 Å². The molecule has 0 spiro atoms. The maximum Gasteiger partial charge on any atom is 0.235 e. The van der Waals surface area contributed by atoms with E-state index in [0.717, 1.165) is 5.76 Å². The molecular formula is C15H17N3O3. The van der Waals surface area contributed by atoms with Crippen molar-refractivity contribution in [3.05, 3.63) is 59.5 Å². The van der Waals surface area contributed by atoms with Crippen LogP contribution >= 0.6 is 0 Å². The van der Waals surface area contributed by atoms with Gasteiger partial charge in [0.2, 0.25) is 5.91 Å². The Labute approximate surface area is 122 Å². The monoisotopic (exact) mass is 287 g/mol. The van der Waals surface area contributed by atoms with Crippen LogP contribution in [-0.2, 0) is 11.3 Å². The van der Waals surface area contributed by atoms with Gasteiger partial charge in [-0.25, -0.2) is 0 Å². The zero-order valence-corrected chi connectivity index (χ0v) is 11.6. The van der Waals surface area contributed by atoms with Gasteiger partial charge >= 0.3 is 0 Å². The van der Waals surface area contributed by atoms with Gasteiger partial charge in [0.1, 0.15) is 17.4 Å². The van der Waals surface area contributed by atoms with Crippen molar-refractivity contribution in [3.8, 4) is 0 Å². The summed E-state index contributed by atoms with van der Waals surface area (Å²) >= 11 is 0. The summed E-state index contributed by atoms with van der Waals surface area (Å²) in [4.78, 5) is 12.3. The third-order valence-electron chi connectivity index (χ3n) is 3.04. The van der Waals surface area contributed by atoms with Gasteiger partial charge in [-0.1, -0.05) is 35.5 Å². The van der Waals surface area contributed by atoms with Crippen LogP contribution in [0.3, 0.4) is 0 Å². The highest BCUT2D eigenvalue weighted by Gasteiger charge is 2.25. The van der Waals surface area contributed by atoms with E-state index >= 15 is 0 Å². The Morgan fingerprint density at radius 1 is 1.33 bits per heavy atom. The van der Waals surface area contributed by atoms with Gasteiger partial charge < -0.3 is 20.7 Å². The molecular weight excluding hydrogens is 270 g/mol. The Hall–Kier alpha value is -2.76. The first-order valence-electron chi connectivity index (χ1n) is 6.47. The quantitative estimate of drug-likeness (QED) is 0.337. The number of amides is 1. The second kappa shape index (κ2) is 6.60. The molecule has 2 rings (SSSR count). The molecule has 0 bridgehead atoms. The highest BCUT2D eigenvalue weighted by atomic mass is 16.4. The van der Waals surface area contributed by atoms with Crippen LogP contribution in [0.1, 0.15) is 23.0 Å². The number of carbonyl (C=O) groups is 1. The summed E-state index contributed by atoms with van der Waals surface area (Å²) in [5, 5.41) is 14.5. The average molecular weight is 287 g/mol. The lowest BCUT2D eigenvalue weighted by molar-refractivity contribution is -0.121. The number of benzene rings is 1. The Bertz CT molecular complexity index is 635. The molecule has 1 atom stereocenters. The lowest BCUT2D eigenvalue weighted by Gasteiger charge is -2.15. The molecule has 0 aliphatic heterocycles. The smallest absolute Gasteiger partial charge is 0.235 e. The van der Waals surface area contributed by atoms with Crippen LogP contribution in [0, 0.1) is 6.92 Å². The fourth-order valence-corrected chi connectivity index (χ4v) is 2.02. The summed E-state index contributed by atoms with van der Waals surface area (Å²) in [5.41, 5.74) is 6.29. The maximum atomic E-state index is 12.3. The van der Waals surface area contributed by atoms with Crippen molar-refractivity contribution in [2.24, 2.45) is 10.9 Å². The largest absolute Gasteiger partial charge is 0.465 e. The summed E-state index contributed by atoms with van der Waals surface area (Å²) in [6, 6.07) is 12.5. The van der Waals surface area contributed by atoms with E-state index in [9.17, 15) is 4.79 Å². The molecule has 1 unspecified atom stereocenters. The van der Waals surface area contributed by atoms with Gasteiger partial charge in [0, 0.05) is 0 Å². The Morgan fingerprint density at radius 3 is 2.62 bits per heavy atom. The summed E-state index contributed by atoms with van der Waals surface area (Å²) in [7, 11) is 0. The van der Waals surface area contributed by atoms with E-state index < -0.39 is 5.92 Å². The number of hydrogen-bond acceptors (Lipinski definition) is 4. The molecule has 6 nitrogen and oxygen atoms in total. The van der Waals surface area contributed by atoms with Crippen LogP contribution < -0.4 is 11.1 Å². The molecule has 0 aliphatic carbocycles. The Morgan fingerprint density at radius 2 is 2.05 bits per heavy atom. The summed E-state index contributed by atoms with van der Waals surface area (Å²) in [6.45, 7) is 2.07. The number of furan rings is 1. The third-order valence-corrected chi connectivity index (χ3v) is 3.04. The SMILES string of the molecule is Cc1ccc(CNC(=O)C(C(N)=NO)c2ccccc2)o1. The number of amidine groups is 1. The molecule has 110 valence electrons. The zero-order valence-electron chi connectivity index (χ0n) is 11.6. The molecule has 6 heteroatoms. The lowest BCUT2D eigenvalue weighted by atomic mass is 9.97. The molecule has 2 aromatic rings. The van der Waals surface area contributed by atoms with Crippen molar-refractivity contribution in [2.45, 2.75) is 19.4 Å². The number of nitrogens with two attached hydrogens (primary N) is 1. The molecule has 1 heterocycles. The van der Waals surface area contributed by atoms with Gasteiger partial charge in [0.25, 0.3) is 0 Å². The second-order valence-electron chi connectivity index (χ2n) is 4.60. The van der Waals surface area contributed by atoms with Crippen molar-refractivity contribution in [2.75, 3.05) is 0 Å². The first-order valence-corrected chi connectivity index (χ1v) is 6.47. The number of hydrogen-bond donors (Lipinski definition) is 3. The van der Waals surface area contributed by atoms with Crippen LogP contribution in [0.2, 0.25) is 0 Å². The van der Waals surface area contributed by atoms with Crippen molar-refractivity contribution >= 4 is 11.7 Å². The van der Waals surface area contributed by atoms with Gasteiger partial charge in [-0.2, -0.15) is 0 Å². The molecule has 0 aliphatic rings. The number of nitrogens with zero attached hydrogens (tertiary/aromatic N) is 1. The minimum Gasteiger partial charge on any atom is -0.465 e. The average Bonchev–Trinajstić information content (AvgIpc) is 2.92. The van der Waals surface area contributed by atoms with Crippen LogP contribution in [-0.4, -0.2) is 17.0 Å². The number of aryl methyl sites for hydroxylation is 1. The van der Waals surface area contributed by atoms with Gasteiger partial charge in [-0.15, -0.1) is 0 Å². The standard InChI is InChI=1S/C15H17N3O3/c1-10-7-8-12(21-10)9-17-15(19)13(14(16)18-20)11-5-3-2-4-6-11/h2-8,13,20H,9H2,1H3,(H2,16,18)(H,17,19). The van der Waals surface area contributed by atoms with E-state index in [0.29, 0.717) is 11.3 Å². The number of nitrogens with one attached hydrogen (secondary N) is 1. The van der Waals surface area contributed by atoms with E-state index in [2.05, 4.69) is 10.5 Å². The van der Waals surface area contributed by atoms with Crippen molar-refractivity contribution in [1.29, 1.82) is 0 Å². The van der Waals surface area contributed by atoms with Crippen LogP contribution in [0.25, 0.3) is 0 Å². The molecule has 21 heavy (non-hydrogen) atoms. The predicted octanol–water partition coefficient (Wildman–Crippen LogP) is 1.73. The summed E-state index contributed by atoms with van der Waals surface area (Å²) < 4.78 is 5.38. The molecule has 4 N–H and O–H groups in total. The highest BCUT2D eigenvalue weighted by molar-refractivity contribution is 6.07. The number of oxime groups is 1. The zero-order chi connectivity index (χ0) is 15.2. The molecule has 1 aromatic heterocycles. The molecule has 0 saturated carbocycles. The maximum absolute atomic E-state index is 12.3. The summed E-state index contributed by atoms with van der Waals surface area (Å²) in [6.07, 6.45) is 0. The van der Waals surface area contributed by atoms with Crippen LogP contribution in [0.15, 0.2) is 52.0 Å². The van der Waals surface area contributed by atoms with Gasteiger partial charge in [-0.3, -0.25) is 4.79 Å². The third kappa shape index (κ3) is 3.62. The topological polar surface area (TPSA) is 101 Å². The van der Waals surface area contributed by atoms with Crippen molar-refractivity contribution < 1.29 is 14.4 Å². The number of carbonyl (C=O) groups excluding carboxylic acids is 1. The molecule has 1 amide bonds. The Balaban J connectivity index is 2.12. The van der Waals surface area contributed by atoms with Gasteiger partial charge in [-0.05, 0) is 24.6 Å². The van der Waals surface area contributed by atoms with E-state index in [1.54, 1.807) is 30.3 Å². The molecule has 1 aromatic carbocycles. The first kappa shape index (κ1) is 14.6. The van der Waals surface area contributed by atoms with Gasteiger partial charge in [0.15, 0.2) is 5.84 Å². The second-order valence-corrected chi connectivity index (χ2v) is 4.60. The van der Waals surface area contributed by atoms with Crippen molar-refractivity contribution in [3.63, 3.8) is 0 Å². The summed E-state index contributed by atoms with van der Waals surface area (Å²) in [5.74, 6) is 0.0644. The first-order chi connectivity index (χ1) is 10.1. The Kier molecular flexibility index (Phi) is 4.61. The predicted molar refractivity (Wildman–Crippen MR) is 77.9 cm³/mol. The fourth-order valence-electron chi connectivity index (χ4n) is 2.02. The normalized spacial score (nSPS) is 12.9. The molecule has 0 fully saturated rings. The van der Waals surface area contributed by atoms with Gasteiger partial charge in [0.05, 0.1) is 6.54 Å². The lowest BCUT2D eigenvalue weighted by Crippen LogP contribution is -2.36. The van der Waals surface area contributed by atoms with Crippen molar-refractivity contribution in [1.82, 2.24) is 5.32 Å². The van der Waals surface area contributed by atoms with E-state index in [4.69, 9.17) is 15.4 Å². The van der Waals surface area contributed by atoms with E-state index in [1.807, 2.05) is 19.1 Å². The number of rotatable bonds is 5. The highest BCUT2D eigenvalue weighted by Crippen LogP contribution is 2.16. The minimum absolute atomic E-state index is 0.158. The van der Waals surface area contributed by atoms with E-state index in [-0.39, 0.29) is 18.3 Å². The molecule has 0 saturated heterocycles. The van der Waals surface area contributed by atoms with E-state index in [1.165, 1.54) is 0 Å².